The highest BCUT2D eigenvalue weighted by molar-refractivity contribution is 7.98. The first-order valence-electron chi connectivity index (χ1n) is 13.2. The number of ether oxygens (including phenoxy) is 1. The summed E-state index contributed by atoms with van der Waals surface area (Å²) in [5, 5.41) is 5.81. The number of amides is 3. The summed E-state index contributed by atoms with van der Waals surface area (Å²) in [6, 6.07) is 13.7. The minimum absolute atomic E-state index is 0.300. The molecule has 0 aliphatic rings. The van der Waals surface area contributed by atoms with Gasteiger partial charge in [0.25, 0.3) is 5.91 Å². The molecule has 2 unspecified atom stereocenters. The van der Waals surface area contributed by atoms with Gasteiger partial charge in [-0.05, 0) is 81.7 Å². The van der Waals surface area contributed by atoms with Crippen LogP contribution in [0, 0.1) is 6.92 Å². The quantitative estimate of drug-likeness (QED) is 0.338. The lowest BCUT2D eigenvalue weighted by Crippen LogP contribution is -2.52. The fourth-order valence-electron chi connectivity index (χ4n) is 4.07. The van der Waals surface area contributed by atoms with Crippen molar-refractivity contribution < 1.29 is 19.1 Å². The Morgan fingerprint density at radius 3 is 2.24 bits per heavy atom. The monoisotopic (exact) mass is 541 g/mol. The first-order valence-corrected chi connectivity index (χ1v) is 14.6. The van der Waals surface area contributed by atoms with Crippen molar-refractivity contribution in [1.29, 1.82) is 0 Å². The average Bonchev–Trinajstić information content (AvgIpc) is 2.86. The third-order valence-electron chi connectivity index (χ3n) is 6.01. The average molecular weight is 542 g/mol. The molecule has 208 valence electrons. The summed E-state index contributed by atoms with van der Waals surface area (Å²) < 4.78 is 5.44. The number of hydrogen-bond donors (Lipinski definition) is 2. The molecule has 38 heavy (non-hydrogen) atoms. The highest BCUT2D eigenvalue weighted by Gasteiger charge is 2.36. The minimum Gasteiger partial charge on any atom is -0.444 e. The molecule has 2 aromatic rings. The Hall–Kier alpha value is -3.00. The van der Waals surface area contributed by atoms with E-state index in [2.05, 4.69) is 17.6 Å². The van der Waals surface area contributed by atoms with Crippen LogP contribution in [-0.2, 0) is 20.7 Å². The van der Waals surface area contributed by atoms with E-state index in [1.165, 1.54) is 0 Å². The molecule has 0 saturated carbocycles. The molecule has 0 bridgehead atoms. The number of aryl methyl sites for hydroxylation is 2. The van der Waals surface area contributed by atoms with Gasteiger partial charge in [0, 0.05) is 12.2 Å². The zero-order valence-corrected chi connectivity index (χ0v) is 24.6. The van der Waals surface area contributed by atoms with Gasteiger partial charge in [-0.1, -0.05) is 56.3 Å². The topological polar surface area (TPSA) is 87.7 Å². The lowest BCUT2D eigenvalue weighted by molar-refractivity contribution is -0.140. The largest absolute Gasteiger partial charge is 0.444 e. The van der Waals surface area contributed by atoms with E-state index in [9.17, 15) is 14.4 Å². The van der Waals surface area contributed by atoms with Crippen LogP contribution in [0.1, 0.15) is 70.2 Å². The molecule has 0 aromatic heterocycles. The SMILES string of the molecule is CCCN(C(=O)C(CCSC)NC(=O)OC(C)(C)C)C(C(=O)Nc1ccccc1C)c1ccc(CC)cc1. The molecule has 0 radical (unpaired) electrons. The van der Waals surface area contributed by atoms with Crippen LogP contribution in [0.5, 0.6) is 0 Å². The van der Waals surface area contributed by atoms with Crippen LogP contribution >= 0.6 is 11.8 Å². The second-order valence-corrected chi connectivity index (χ2v) is 11.3. The Kier molecular flexibility index (Phi) is 12.2. The second kappa shape index (κ2) is 14.8. The van der Waals surface area contributed by atoms with Gasteiger partial charge < -0.3 is 20.3 Å². The molecule has 2 atom stereocenters. The first kappa shape index (κ1) is 31.2. The molecular formula is C30H43N3O4S. The molecule has 8 heteroatoms. The van der Waals surface area contributed by atoms with Gasteiger partial charge in [-0.15, -0.1) is 0 Å². The van der Waals surface area contributed by atoms with E-state index in [0.29, 0.717) is 30.8 Å². The number of nitrogens with zero attached hydrogens (tertiary/aromatic N) is 1. The molecule has 0 fully saturated rings. The van der Waals surface area contributed by atoms with E-state index in [-0.39, 0.29) is 11.8 Å². The molecule has 3 amide bonds. The van der Waals surface area contributed by atoms with E-state index < -0.39 is 23.8 Å². The molecule has 0 aliphatic heterocycles. The van der Waals surface area contributed by atoms with E-state index >= 15 is 0 Å². The van der Waals surface area contributed by atoms with Gasteiger partial charge in [0.15, 0.2) is 0 Å². The number of rotatable bonds is 12. The highest BCUT2D eigenvalue weighted by atomic mass is 32.2. The number of carbonyl (C=O) groups excluding carboxylic acids is 3. The fraction of sp³-hybridized carbons (Fsp3) is 0.500. The Labute approximate surface area is 232 Å². The van der Waals surface area contributed by atoms with Gasteiger partial charge in [-0.25, -0.2) is 4.79 Å². The molecular weight excluding hydrogens is 498 g/mol. The Balaban J connectivity index is 2.49. The number of alkyl carbamates (subject to hydrolysis) is 1. The van der Waals surface area contributed by atoms with Crippen molar-refractivity contribution in [2.24, 2.45) is 0 Å². The van der Waals surface area contributed by atoms with Crippen LogP contribution in [0.25, 0.3) is 0 Å². The zero-order valence-electron chi connectivity index (χ0n) is 23.8. The highest BCUT2D eigenvalue weighted by Crippen LogP contribution is 2.27. The van der Waals surface area contributed by atoms with Crippen molar-refractivity contribution in [1.82, 2.24) is 10.2 Å². The number of benzene rings is 2. The molecule has 0 saturated heterocycles. The maximum Gasteiger partial charge on any atom is 0.408 e. The maximum absolute atomic E-state index is 14.1. The van der Waals surface area contributed by atoms with E-state index in [1.54, 1.807) is 37.4 Å². The van der Waals surface area contributed by atoms with Crippen LogP contribution in [0.3, 0.4) is 0 Å². The Bertz CT molecular complexity index is 1070. The van der Waals surface area contributed by atoms with Crippen molar-refractivity contribution in [3.8, 4) is 0 Å². The number of thioether (sulfide) groups is 1. The molecule has 0 aliphatic carbocycles. The van der Waals surface area contributed by atoms with Crippen LogP contribution < -0.4 is 10.6 Å². The number of hydrogen-bond acceptors (Lipinski definition) is 5. The summed E-state index contributed by atoms with van der Waals surface area (Å²) in [7, 11) is 0. The normalized spacial score (nSPS) is 12.8. The van der Waals surface area contributed by atoms with Crippen molar-refractivity contribution >= 4 is 35.4 Å². The first-order chi connectivity index (χ1) is 18.0. The van der Waals surface area contributed by atoms with Gasteiger partial charge in [-0.3, -0.25) is 9.59 Å². The van der Waals surface area contributed by atoms with Gasteiger partial charge in [0.2, 0.25) is 5.91 Å². The van der Waals surface area contributed by atoms with Crippen LogP contribution in [-0.4, -0.2) is 53.0 Å². The molecule has 0 heterocycles. The lowest BCUT2D eigenvalue weighted by atomic mass is 9.99. The number of para-hydroxylation sites is 1. The summed E-state index contributed by atoms with van der Waals surface area (Å²) in [4.78, 5) is 42.2. The number of anilines is 1. The van der Waals surface area contributed by atoms with Crippen LogP contribution in [0.2, 0.25) is 0 Å². The molecule has 7 nitrogen and oxygen atoms in total. The summed E-state index contributed by atoms with van der Waals surface area (Å²) in [6.45, 7) is 11.7. The van der Waals surface area contributed by atoms with Crippen molar-refractivity contribution in [2.75, 3.05) is 23.9 Å². The van der Waals surface area contributed by atoms with Crippen LogP contribution in [0.4, 0.5) is 10.5 Å². The fourth-order valence-corrected chi connectivity index (χ4v) is 4.54. The lowest BCUT2D eigenvalue weighted by Gasteiger charge is -2.34. The number of nitrogens with one attached hydrogen (secondary N) is 2. The third-order valence-corrected chi connectivity index (χ3v) is 6.66. The van der Waals surface area contributed by atoms with Crippen molar-refractivity contribution in [3.63, 3.8) is 0 Å². The van der Waals surface area contributed by atoms with Gasteiger partial charge in [0.05, 0.1) is 0 Å². The summed E-state index contributed by atoms with van der Waals surface area (Å²) >= 11 is 1.59. The van der Waals surface area contributed by atoms with E-state index in [4.69, 9.17) is 4.74 Å². The predicted octanol–water partition coefficient (Wildman–Crippen LogP) is 6.12. The third kappa shape index (κ3) is 9.39. The Morgan fingerprint density at radius 2 is 1.68 bits per heavy atom. The Morgan fingerprint density at radius 1 is 1.03 bits per heavy atom. The maximum atomic E-state index is 14.1. The number of carbonyl (C=O) groups is 3. The molecule has 0 spiro atoms. The van der Waals surface area contributed by atoms with Crippen molar-refractivity contribution in [3.05, 3.63) is 65.2 Å². The van der Waals surface area contributed by atoms with Gasteiger partial charge >= 0.3 is 6.09 Å². The van der Waals surface area contributed by atoms with Crippen molar-refractivity contribution in [2.45, 2.75) is 78.5 Å². The molecule has 2 N–H and O–H groups in total. The van der Waals surface area contributed by atoms with Gasteiger partial charge in [0.1, 0.15) is 17.7 Å². The summed E-state index contributed by atoms with van der Waals surface area (Å²) in [6.07, 6.45) is 3.23. The van der Waals surface area contributed by atoms with Gasteiger partial charge in [-0.2, -0.15) is 11.8 Å². The second-order valence-electron chi connectivity index (χ2n) is 10.3. The molecule has 2 aromatic carbocycles. The predicted molar refractivity (Wildman–Crippen MR) is 157 cm³/mol. The summed E-state index contributed by atoms with van der Waals surface area (Å²) in [5.74, 6) is 0.0553. The minimum atomic E-state index is -0.870. The van der Waals surface area contributed by atoms with Crippen LogP contribution in [0.15, 0.2) is 48.5 Å². The summed E-state index contributed by atoms with van der Waals surface area (Å²) in [5.41, 5.74) is 2.79. The smallest absolute Gasteiger partial charge is 0.408 e. The van der Waals surface area contributed by atoms with E-state index in [0.717, 1.165) is 23.1 Å². The van der Waals surface area contributed by atoms with E-state index in [1.807, 2.05) is 68.6 Å². The zero-order chi connectivity index (χ0) is 28.3. The standard InChI is InChI=1S/C30H43N3O4S/c1-8-19-33(28(35)25(18-20-38-7)32-29(36)37-30(4,5)6)26(23-16-14-22(9-2)15-17-23)27(34)31-24-13-11-10-12-21(24)3/h10-17,25-26H,8-9,18-20H2,1-7H3,(H,31,34)(H,32,36). The molecule has 2 rings (SSSR count).